The van der Waals surface area contributed by atoms with Crippen LogP contribution in [0, 0.1) is 11.3 Å². The van der Waals surface area contributed by atoms with Gasteiger partial charge in [-0.3, -0.25) is 4.79 Å². The highest BCUT2D eigenvalue weighted by Gasteiger charge is 2.07. The third-order valence-electron chi connectivity index (χ3n) is 0.618. The summed E-state index contributed by atoms with van der Waals surface area (Å²) in [5.74, 6) is -2.05. The van der Waals surface area contributed by atoms with E-state index in [-0.39, 0.29) is 6.42 Å². The van der Waals surface area contributed by atoms with E-state index in [9.17, 15) is 14.7 Å². The molecular formula is C5H4NO3. The second-order valence-corrected chi connectivity index (χ2v) is 1.42. The van der Waals surface area contributed by atoms with Crippen molar-refractivity contribution in [2.24, 2.45) is 0 Å². The van der Waals surface area contributed by atoms with Crippen molar-refractivity contribution in [2.75, 3.05) is 0 Å². The van der Waals surface area contributed by atoms with E-state index in [0.29, 0.717) is 0 Å². The average molecular weight is 126 g/mol. The van der Waals surface area contributed by atoms with E-state index in [1.165, 1.54) is 6.07 Å². The molecule has 9 heavy (non-hydrogen) atoms. The first-order chi connectivity index (χ1) is 4.16. The van der Waals surface area contributed by atoms with E-state index in [4.69, 9.17) is 5.26 Å². The summed E-state index contributed by atoms with van der Waals surface area (Å²) in [6, 6.07) is 1.53. The summed E-state index contributed by atoms with van der Waals surface area (Å²) in [7, 11) is 0. The Hall–Kier alpha value is -1.37. The van der Waals surface area contributed by atoms with Crippen LogP contribution in [0.15, 0.2) is 0 Å². The van der Waals surface area contributed by atoms with E-state index < -0.39 is 18.2 Å². The maximum absolute atomic E-state index is 10.2. The molecule has 0 aromatic carbocycles. The molecule has 0 aromatic rings. The first kappa shape index (κ1) is 7.63. The zero-order valence-corrected chi connectivity index (χ0v) is 4.59. The van der Waals surface area contributed by atoms with Gasteiger partial charge in [-0.1, -0.05) is 0 Å². The maximum Gasteiger partial charge on any atom is 0.362 e. The van der Waals surface area contributed by atoms with Gasteiger partial charge in [0.2, 0.25) is 0 Å². The zero-order valence-electron chi connectivity index (χ0n) is 4.59. The van der Waals surface area contributed by atoms with Gasteiger partial charge in [0.25, 0.3) is 0 Å². The summed E-state index contributed by atoms with van der Waals surface area (Å²) in [4.78, 5) is 19.9. The van der Waals surface area contributed by atoms with E-state index in [0.717, 1.165) is 0 Å². The lowest BCUT2D eigenvalue weighted by Gasteiger charge is -1.82. The lowest BCUT2D eigenvalue weighted by molar-refractivity contribution is -0.145. The predicted molar refractivity (Wildman–Crippen MR) is 25.5 cm³/mol. The molecule has 47 valence electrons. The van der Waals surface area contributed by atoms with Crippen molar-refractivity contribution in [3.05, 3.63) is 0 Å². The molecule has 0 aliphatic carbocycles. The second-order valence-electron chi connectivity index (χ2n) is 1.42. The van der Waals surface area contributed by atoms with Crippen LogP contribution in [0.4, 0.5) is 0 Å². The minimum absolute atomic E-state index is 0.353. The lowest BCUT2D eigenvalue weighted by Crippen LogP contribution is -2.03. The van der Waals surface area contributed by atoms with E-state index in [1.54, 1.807) is 0 Å². The molecule has 4 nitrogen and oxygen atoms in total. The fourth-order valence-electron chi connectivity index (χ4n) is 0.312. The molecule has 0 rings (SSSR count). The smallest absolute Gasteiger partial charge is 0.298 e. The maximum atomic E-state index is 10.2. The standard InChI is InChI=1S/C5H4NO3/c6-2-1-4(7)3-5(8)9/h1,3H2. The Morgan fingerprint density at radius 3 is 2.33 bits per heavy atom. The summed E-state index contributed by atoms with van der Waals surface area (Å²) in [6.45, 7) is 0. The molecule has 0 bridgehead atoms. The highest BCUT2D eigenvalue weighted by atomic mass is 16.4. The van der Waals surface area contributed by atoms with Crippen molar-refractivity contribution in [2.45, 2.75) is 12.8 Å². The molecule has 0 aliphatic rings. The summed E-state index contributed by atoms with van der Waals surface area (Å²) < 4.78 is 0. The quantitative estimate of drug-likeness (QED) is 0.492. The molecule has 0 N–H and O–H groups in total. The number of hydrogen-bond acceptors (Lipinski definition) is 3. The molecule has 0 heterocycles. The molecular weight excluding hydrogens is 122 g/mol. The summed E-state index contributed by atoms with van der Waals surface area (Å²) in [5.41, 5.74) is 0. The third-order valence-corrected chi connectivity index (χ3v) is 0.618. The predicted octanol–water partition coefficient (Wildman–Crippen LogP) is -0.184. The van der Waals surface area contributed by atoms with Gasteiger partial charge in [-0.2, -0.15) is 5.26 Å². The van der Waals surface area contributed by atoms with Crippen LogP contribution in [-0.4, -0.2) is 11.8 Å². The van der Waals surface area contributed by atoms with Crippen LogP contribution in [-0.2, 0) is 14.7 Å². The van der Waals surface area contributed by atoms with Crippen molar-refractivity contribution in [3.63, 3.8) is 0 Å². The second kappa shape index (κ2) is 3.61. The normalized spacial score (nSPS) is 7.89. The molecule has 0 saturated carbocycles. The molecule has 1 radical (unpaired) electrons. The molecule has 0 unspecified atom stereocenters. The minimum atomic E-state index is -1.43. The van der Waals surface area contributed by atoms with Gasteiger partial charge in [-0.05, 0) is 0 Å². The Bertz CT molecular complexity index is 168. The highest BCUT2D eigenvalue weighted by Crippen LogP contribution is 1.87. The van der Waals surface area contributed by atoms with Crippen molar-refractivity contribution in [3.8, 4) is 6.07 Å². The number of nitriles is 1. The zero-order chi connectivity index (χ0) is 7.28. The van der Waals surface area contributed by atoms with E-state index in [2.05, 4.69) is 0 Å². The molecule has 0 saturated heterocycles. The van der Waals surface area contributed by atoms with Crippen LogP contribution in [0.25, 0.3) is 0 Å². The summed E-state index contributed by atoms with van der Waals surface area (Å²) in [5, 5.41) is 17.5. The van der Waals surface area contributed by atoms with Gasteiger partial charge in [0.15, 0.2) is 5.78 Å². The Kier molecular flexibility index (Phi) is 3.06. The lowest BCUT2D eigenvalue weighted by atomic mass is 10.2. The van der Waals surface area contributed by atoms with Crippen molar-refractivity contribution in [1.82, 2.24) is 0 Å². The first-order valence-electron chi connectivity index (χ1n) is 2.25. The molecule has 0 spiro atoms. The first-order valence-corrected chi connectivity index (χ1v) is 2.25. The number of Topliss-reactive ketones (excluding diaryl/α,β-unsaturated/α-hetero) is 1. The number of ketones is 1. The molecule has 0 atom stereocenters. The van der Waals surface area contributed by atoms with Gasteiger partial charge in [-0.25, -0.2) is 9.90 Å². The molecule has 0 amide bonds. The number of hydrogen-bond donors (Lipinski definition) is 0. The van der Waals surface area contributed by atoms with Crippen LogP contribution >= 0.6 is 0 Å². The highest BCUT2D eigenvalue weighted by molar-refractivity contribution is 5.95. The van der Waals surface area contributed by atoms with Crippen molar-refractivity contribution in [1.29, 1.82) is 5.26 Å². The monoisotopic (exact) mass is 126 g/mol. The van der Waals surface area contributed by atoms with Gasteiger partial charge in [-0.15, -0.1) is 0 Å². The summed E-state index contributed by atoms with van der Waals surface area (Å²) >= 11 is 0. The van der Waals surface area contributed by atoms with E-state index in [1.807, 2.05) is 0 Å². The van der Waals surface area contributed by atoms with Crippen LogP contribution in [0.5, 0.6) is 0 Å². The Morgan fingerprint density at radius 1 is 1.44 bits per heavy atom. The summed E-state index contributed by atoms with van der Waals surface area (Å²) in [6.07, 6.45) is -1.01. The Labute approximate surface area is 51.7 Å². The van der Waals surface area contributed by atoms with Gasteiger partial charge in [0, 0.05) is 0 Å². The topological polar surface area (TPSA) is 77.8 Å². The van der Waals surface area contributed by atoms with Crippen LogP contribution in [0.1, 0.15) is 12.8 Å². The van der Waals surface area contributed by atoms with Crippen molar-refractivity contribution >= 4 is 11.8 Å². The van der Waals surface area contributed by atoms with Gasteiger partial charge in [0.05, 0.1) is 12.5 Å². The van der Waals surface area contributed by atoms with Crippen LogP contribution < -0.4 is 0 Å². The molecule has 0 aliphatic heterocycles. The minimum Gasteiger partial charge on any atom is -0.298 e. The number of nitrogens with zero attached hydrogens (tertiary/aromatic N) is 1. The fourth-order valence-corrected chi connectivity index (χ4v) is 0.312. The Balaban J connectivity index is 3.54. The average Bonchev–Trinajstić information content (AvgIpc) is 1.63. The SMILES string of the molecule is N#CCC(=O)CC([O])=O. The van der Waals surface area contributed by atoms with E-state index >= 15 is 0 Å². The number of carbonyl (C=O) groups is 2. The largest absolute Gasteiger partial charge is 0.362 e. The molecule has 4 heteroatoms. The van der Waals surface area contributed by atoms with Gasteiger partial charge >= 0.3 is 5.97 Å². The Morgan fingerprint density at radius 2 is 2.00 bits per heavy atom. The molecule has 0 aromatic heterocycles. The third kappa shape index (κ3) is 4.48. The fraction of sp³-hybridized carbons (Fsp3) is 0.400. The van der Waals surface area contributed by atoms with Crippen LogP contribution in [0.3, 0.4) is 0 Å². The number of carbonyl (C=O) groups excluding carboxylic acids is 2. The van der Waals surface area contributed by atoms with Gasteiger partial charge in [0.1, 0.15) is 6.42 Å². The molecule has 0 fully saturated rings. The number of rotatable bonds is 3. The van der Waals surface area contributed by atoms with Gasteiger partial charge < -0.3 is 0 Å². The van der Waals surface area contributed by atoms with Crippen LogP contribution in [0.2, 0.25) is 0 Å². The van der Waals surface area contributed by atoms with Crippen molar-refractivity contribution < 1.29 is 14.7 Å².